The number of nitrogen functional groups attached to an aromatic ring is 1. The number of anilines is 2. The molecule has 0 saturated heterocycles. The summed E-state index contributed by atoms with van der Waals surface area (Å²) in [5, 5.41) is 21.0. The number of aliphatic hydroxyl groups is 1. The molecule has 0 aliphatic carbocycles. The van der Waals surface area contributed by atoms with Crippen LogP contribution in [0.3, 0.4) is 0 Å². The van der Waals surface area contributed by atoms with Crippen molar-refractivity contribution in [1.29, 1.82) is 0 Å². The Morgan fingerprint density at radius 1 is 1.13 bits per heavy atom. The average molecular weight is 508 g/mol. The van der Waals surface area contributed by atoms with Crippen LogP contribution in [0.2, 0.25) is 0 Å². The average Bonchev–Trinajstić information content (AvgIpc) is 3.36. The van der Waals surface area contributed by atoms with Gasteiger partial charge >= 0.3 is 0 Å². The van der Waals surface area contributed by atoms with Gasteiger partial charge in [0.1, 0.15) is 23.8 Å². The zero-order chi connectivity index (χ0) is 26.6. The second-order valence-electron chi connectivity index (χ2n) is 8.46. The SMILES string of the molecule is CC[C@H](Nc1nccc(N)c1-c1nnc(C)o1)c1nc2cccc(C#CCO)c2c(=O)n1-c1ccccc1. The number of nitrogens with one attached hydrogen (secondary N) is 1. The molecule has 3 heterocycles. The quantitative estimate of drug-likeness (QED) is 0.293. The van der Waals surface area contributed by atoms with Crippen molar-refractivity contribution in [3.63, 3.8) is 0 Å². The third-order valence-corrected chi connectivity index (χ3v) is 5.99. The molecule has 0 fully saturated rings. The van der Waals surface area contributed by atoms with Crippen LogP contribution in [0.4, 0.5) is 11.5 Å². The lowest BCUT2D eigenvalue weighted by Gasteiger charge is -2.23. The van der Waals surface area contributed by atoms with Crippen molar-refractivity contribution >= 4 is 22.4 Å². The van der Waals surface area contributed by atoms with Crippen molar-refractivity contribution in [2.24, 2.45) is 0 Å². The van der Waals surface area contributed by atoms with Crippen LogP contribution in [0.1, 0.15) is 36.7 Å². The van der Waals surface area contributed by atoms with Gasteiger partial charge < -0.3 is 20.6 Å². The highest BCUT2D eigenvalue weighted by Crippen LogP contribution is 2.34. The van der Waals surface area contributed by atoms with Gasteiger partial charge in [0.05, 0.1) is 22.6 Å². The first-order valence-corrected chi connectivity index (χ1v) is 12.0. The Bertz CT molecular complexity index is 1730. The van der Waals surface area contributed by atoms with Gasteiger partial charge in [0, 0.05) is 24.4 Å². The van der Waals surface area contributed by atoms with E-state index in [0.29, 0.717) is 57.4 Å². The number of hydrogen-bond donors (Lipinski definition) is 3. The van der Waals surface area contributed by atoms with Crippen LogP contribution in [-0.2, 0) is 0 Å². The topological polar surface area (TPSA) is 145 Å². The minimum atomic E-state index is -0.448. The summed E-state index contributed by atoms with van der Waals surface area (Å²) in [6.07, 6.45) is 2.15. The summed E-state index contributed by atoms with van der Waals surface area (Å²) in [6, 6.07) is 15.8. The lowest BCUT2D eigenvalue weighted by molar-refractivity contribution is 0.350. The predicted molar refractivity (Wildman–Crippen MR) is 145 cm³/mol. The number of aryl methyl sites for hydroxylation is 1. The Morgan fingerprint density at radius 3 is 2.66 bits per heavy atom. The highest BCUT2D eigenvalue weighted by molar-refractivity contribution is 5.85. The molecule has 3 aromatic heterocycles. The molecule has 0 amide bonds. The van der Waals surface area contributed by atoms with E-state index in [4.69, 9.17) is 15.1 Å². The van der Waals surface area contributed by atoms with E-state index in [1.807, 2.05) is 37.3 Å². The number of nitrogens with zero attached hydrogens (tertiary/aromatic N) is 5. The van der Waals surface area contributed by atoms with E-state index in [1.54, 1.807) is 42.0 Å². The van der Waals surface area contributed by atoms with E-state index in [1.165, 1.54) is 0 Å². The maximum atomic E-state index is 14.0. The maximum Gasteiger partial charge on any atom is 0.267 e. The van der Waals surface area contributed by atoms with E-state index < -0.39 is 6.04 Å². The van der Waals surface area contributed by atoms with Crippen molar-refractivity contribution in [2.45, 2.75) is 26.3 Å². The number of fused-ring (bicyclic) bond motifs is 1. The minimum absolute atomic E-state index is 0.240. The molecule has 10 nitrogen and oxygen atoms in total. The summed E-state index contributed by atoms with van der Waals surface area (Å²) < 4.78 is 7.22. The molecule has 0 aliphatic rings. The minimum Gasteiger partial charge on any atom is -0.421 e. The molecule has 1 atom stereocenters. The van der Waals surface area contributed by atoms with Crippen LogP contribution in [0, 0.1) is 18.8 Å². The molecule has 10 heteroatoms. The largest absolute Gasteiger partial charge is 0.421 e. The molecule has 0 aliphatic heterocycles. The van der Waals surface area contributed by atoms with Crippen molar-refractivity contribution in [1.82, 2.24) is 24.7 Å². The molecule has 4 N–H and O–H groups in total. The second-order valence-corrected chi connectivity index (χ2v) is 8.46. The first-order valence-electron chi connectivity index (χ1n) is 12.0. The van der Waals surface area contributed by atoms with Crippen LogP contribution >= 0.6 is 0 Å². The van der Waals surface area contributed by atoms with Crippen LogP contribution in [0.25, 0.3) is 28.0 Å². The Kier molecular flexibility index (Phi) is 6.84. The molecule has 0 bridgehead atoms. The number of rotatable bonds is 6. The summed E-state index contributed by atoms with van der Waals surface area (Å²) in [4.78, 5) is 23.5. The lowest BCUT2D eigenvalue weighted by Crippen LogP contribution is -2.28. The van der Waals surface area contributed by atoms with Crippen LogP contribution in [0.5, 0.6) is 0 Å². The molecule has 0 spiro atoms. The third-order valence-electron chi connectivity index (χ3n) is 5.99. The van der Waals surface area contributed by atoms with Gasteiger partial charge in [0.25, 0.3) is 11.4 Å². The van der Waals surface area contributed by atoms with Crippen LogP contribution in [0.15, 0.2) is 70.0 Å². The summed E-state index contributed by atoms with van der Waals surface area (Å²) >= 11 is 0. The fraction of sp³-hybridized carbons (Fsp3) is 0.179. The summed E-state index contributed by atoms with van der Waals surface area (Å²) in [6.45, 7) is 3.36. The van der Waals surface area contributed by atoms with Gasteiger partial charge in [-0.05, 0) is 36.8 Å². The number of nitrogens with two attached hydrogens (primary N) is 1. The highest BCUT2D eigenvalue weighted by atomic mass is 16.4. The van der Waals surface area contributed by atoms with Crippen molar-refractivity contribution in [3.05, 3.63) is 88.4 Å². The molecule has 2 aromatic carbocycles. The van der Waals surface area contributed by atoms with Gasteiger partial charge in [-0.2, -0.15) is 0 Å². The van der Waals surface area contributed by atoms with Crippen LogP contribution < -0.4 is 16.6 Å². The standard InChI is InChI=1S/C28H25N7O3/c1-3-21(31-25-24(20(29)14-15-30-25)27-34-33-17(2)38-27)26-32-22-13-7-9-18(10-8-16-36)23(22)28(37)35(26)19-11-5-4-6-12-19/h4-7,9,11-15,21,36H,3,16H2,1-2H3,(H3,29,30,31)/t21-/m0/s1. The number of benzene rings is 2. The van der Waals surface area contributed by atoms with Crippen molar-refractivity contribution < 1.29 is 9.52 Å². The number of para-hydroxylation sites is 1. The second kappa shape index (κ2) is 10.5. The molecule has 190 valence electrons. The predicted octanol–water partition coefficient (Wildman–Crippen LogP) is 3.63. The summed E-state index contributed by atoms with van der Waals surface area (Å²) in [5.41, 5.74) is 8.55. The van der Waals surface area contributed by atoms with E-state index in [2.05, 4.69) is 32.3 Å². The van der Waals surface area contributed by atoms with Crippen molar-refractivity contribution in [2.75, 3.05) is 17.7 Å². The van der Waals surface area contributed by atoms with Gasteiger partial charge in [0.2, 0.25) is 5.89 Å². The first-order chi connectivity index (χ1) is 18.5. The fourth-order valence-corrected chi connectivity index (χ4v) is 4.27. The summed E-state index contributed by atoms with van der Waals surface area (Å²) in [7, 11) is 0. The molecule has 5 rings (SSSR count). The molecule has 5 aromatic rings. The highest BCUT2D eigenvalue weighted by Gasteiger charge is 2.24. The smallest absolute Gasteiger partial charge is 0.267 e. The first kappa shape index (κ1) is 24.7. The molecule has 0 unspecified atom stereocenters. The van der Waals surface area contributed by atoms with E-state index >= 15 is 0 Å². The van der Waals surface area contributed by atoms with Gasteiger partial charge in [-0.25, -0.2) is 9.97 Å². The fourth-order valence-electron chi connectivity index (χ4n) is 4.27. The zero-order valence-corrected chi connectivity index (χ0v) is 20.8. The van der Waals surface area contributed by atoms with Gasteiger partial charge in [0.15, 0.2) is 0 Å². The number of hydrogen-bond acceptors (Lipinski definition) is 9. The Morgan fingerprint density at radius 2 is 1.95 bits per heavy atom. The van der Waals surface area contributed by atoms with Gasteiger partial charge in [-0.1, -0.05) is 43.0 Å². The number of pyridine rings is 1. The Balaban J connectivity index is 1.72. The molecular formula is C28H25N7O3. The number of aliphatic hydroxyl groups excluding tert-OH is 1. The normalized spacial score (nSPS) is 11.7. The Hall–Kier alpha value is -5.01. The molecular weight excluding hydrogens is 482 g/mol. The Labute approximate surface area is 218 Å². The maximum absolute atomic E-state index is 14.0. The van der Waals surface area contributed by atoms with E-state index in [-0.39, 0.29) is 18.1 Å². The van der Waals surface area contributed by atoms with E-state index in [0.717, 1.165) is 0 Å². The van der Waals surface area contributed by atoms with Crippen molar-refractivity contribution in [3.8, 4) is 29.0 Å². The zero-order valence-electron chi connectivity index (χ0n) is 20.8. The van der Waals surface area contributed by atoms with Gasteiger partial charge in [-0.3, -0.25) is 9.36 Å². The molecule has 0 radical (unpaired) electrons. The number of aromatic nitrogens is 5. The summed E-state index contributed by atoms with van der Waals surface area (Å²) in [5.74, 6) is 7.06. The van der Waals surface area contributed by atoms with E-state index in [9.17, 15) is 9.90 Å². The lowest BCUT2D eigenvalue weighted by atomic mass is 10.1. The van der Waals surface area contributed by atoms with Gasteiger partial charge in [-0.15, -0.1) is 10.2 Å². The third kappa shape index (κ3) is 4.58. The molecule has 38 heavy (non-hydrogen) atoms. The monoisotopic (exact) mass is 507 g/mol. The van der Waals surface area contributed by atoms with Crippen LogP contribution in [-0.4, -0.2) is 36.4 Å². The molecule has 0 saturated carbocycles.